The van der Waals surface area contributed by atoms with Crippen LogP contribution in [-0.4, -0.2) is 32.7 Å². The fourth-order valence-corrected chi connectivity index (χ4v) is 2.83. The predicted octanol–water partition coefficient (Wildman–Crippen LogP) is -0.154. The molecule has 0 aliphatic heterocycles. The number of sulfone groups is 1. The van der Waals surface area contributed by atoms with Crippen molar-refractivity contribution in [3.63, 3.8) is 0 Å². The highest BCUT2D eigenvalue weighted by Crippen LogP contribution is 2.17. The highest BCUT2D eigenvalue weighted by atomic mass is 32.2. The number of nitrogen functional groups attached to an aromatic ring is 1. The topological polar surface area (TPSA) is 130 Å². The molecule has 0 saturated carbocycles. The molecule has 0 unspecified atom stereocenters. The van der Waals surface area contributed by atoms with Gasteiger partial charge in [-0.15, -0.1) is 0 Å². The molecule has 0 radical (unpaired) electrons. The van der Waals surface area contributed by atoms with Crippen molar-refractivity contribution in [2.75, 3.05) is 18.1 Å². The lowest BCUT2D eigenvalue weighted by atomic mass is 10.1. The van der Waals surface area contributed by atoms with E-state index in [1.165, 1.54) is 18.2 Å². The molecule has 110 valence electrons. The highest BCUT2D eigenvalue weighted by molar-refractivity contribution is 7.91. The van der Waals surface area contributed by atoms with Crippen LogP contribution in [0.4, 0.5) is 5.69 Å². The molecule has 8 heteroatoms. The smallest absolute Gasteiger partial charge is 0.321 e. The molecular weight excluding hydrogens is 284 g/mol. The summed E-state index contributed by atoms with van der Waals surface area (Å²) in [5.74, 6) is -2.58. The number of carbonyl (C=O) groups excluding carboxylic acids is 2. The van der Waals surface area contributed by atoms with Gasteiger partial charge in [0.2, 0.25) is 5.91 Å². The molecule has 20 heavy (non-hydrogen) atoms. The summed E-state index contributed by atoms with van der Waals surface area (Å²) in [4.78, 5) is 22.1. The third-order valence-electron chi connectivity index (χ3n) is 2.45. The third-order valence-corrected chi connectivity index (χ3v) is 3.88. The molecular formula is C12H16N2O5S. The van der Waals surface area contributed by atoms with Gasteiger partial charge in [-0.1, -0.05) is 6.07 Å². The Morgan fingerprint density at radius 2 is 1.95 bits per heavy atom. The predicted molar refractivity (Wildman–Crippen MR) is 73.5 cm³/mol. The molecule has 0 heterocycles. The van der Waals surface area contributed by atoms with Crippen molar-refractivity contribution < 1.29 is 22.7 Å². The molecule has 0 fully saturated rings. The second-order valence-corrected chi connectivity index (χ2v) is 6.18. The van der Waals surface area contributed by atoms with Gasteiger partial charge in [-0.3, -0.25) is 9.59 Å². The number of hydrogen-bond acceptors (Lipinski definition) is 6. The second-order valence-electron chi connectivity index (χ2n) is 4.12. The van der Waals surface area contributed by atoms with E-state index in [0.29, 0.717) is 5.56 Å². The maximum Gasteiger partial charge on any atom is 0.321 e. The van der Waals surface area contributed by atoms with Crippen molar-refractivity contribution in [3.8, 4) is 0 Å². The molecule has 0 saturated heterocycles. The van der Waals surface area contributed by atoms with Gasteiger partial charge < -0.3 is 16.2 Å². The molecule has 0 aliphatic carbocycles. The molecule has 0 spiro atoms. The van der Waals surface area contributed by atoms with Gasteiger partial charge in [-0.25, -0.2) is 8.42 Å². The summed E-state index contributed by atoms with van der Waals surface area (Å²) in [5, 5.41) is 0. The maximum absolute atomic E-state index is 11.8. The van der Waals surface area contributed by atoms with Crippen LogP contribution in [0.3, 0.4) is 0 Å². The number of anilines is 1. The van der Waals surface area contributed by atoms with Gasteiger partial charge in [0.15, 0.2) is 9.84 Å². The number of primary amides is 1. The van der Waals surface area contributed by atoms with Crippen molar-refractivity contribution in [2.45, 2.75) is 12.7 Å². The van der Waals surface area contributed by atoms with Gasteiger partial charge in [0.05, 0.1) is 12.4 Å². The monoisotopic (exact) mass is 300 g/mol. The number of carbonyl (C=O) groups is 2. The van der Waals surface area contributed by atoms with E-state index in [1.807, 2.05) is 0 Å². The summed E-state index contributed by atoms with van der Waals surface area (Å²) in [6.45, 7) is 1.70. The first kappa shape index (κ1) is 16.0. The summed E-state index contributed by atoms with van der Waals surface area (Å²) in [5.41, 5.74) is 11.4. The number of hydrogen-bond donors (Lipinski definition) is 2. The zero-order chi connectivity index (χ0) is 15.3. The van der Waals surface area contributed by atoms with E-state index in [4.69, 9.17) is 11.5 Å². The molecule has 1 aromatic carbocycles. The maximum atomic E-state index is 11.8. The minimum Gasteiger partial charge on any atom is -0.465 e. The number of benzene rings is 1. The van der Waals surface area contributed by atoms with Crippen LogP contribution in [0, 0.1) is 0 Å². The first-order valence-corrected chi connectivity index (χ1v) is 7.61. The van der Waals surface area contributed by atoms with Crippen LogP contribution in [-0.2, 0) is 25.1 Å². The number of amides is 1. The summed E-state index contributed by atoms with van der Waals surface area (Å²) >= 11 is 0. The lowest BCUT2D eigenvalue weighted by molar-refractivity contribution is -0.139. The van der Waals surface area contributed by atoms with E-state index in [1.54, 1.807) is 6.92 Å². The van der Waals surface area contributed by atoms with Crippen LogP contribution in [0.15, 0.2) is 18.2 Å². The Kier molecular flexibility index (Phi) is 5.09. The summed E-state index contributed by atoms with van der Waals surface area (Å²) in [6, 6.07) is 4.09. The van der Waals surface area contributed by atoms with E-state index < -0.39 is 33.2 Å². The Labute approximate surface area is 116 Å². The van der Waals surface area contributed by atoms with Crippen LogP contribution in [0.5, 0.6) is 0 Å². The van der Waals surface area contributed by atoms with Crippen molar-refractivity contribution in [1.29, 1.82) is 0 Å². The fourth-order valence-electron chi connectivity index (χ4n) is 1.55. The van der Waals surface area contributed by atoms with Crippen molar-refractivity contribution in [3.05, 3.63) is 29.3 Å². The van der Waals surface area contributed by atoms with Crippen LogP contribution in [0.25, 0.3) is 0 Å². The fraction of sp³-hybridized carbons (Fsp3) is 0.333. The molecule has 0 bridgehead atoms. The minimum absolute atomic E-state index is 0.115. The van der Waals surface area contributed by atoms with Gasteiger partial charge >= 0.3 is 5.97 Å². The highest BCUT2D eigenvalue weighted by Gasteiger charge is 2.19. The molecule has 1 aromatic rings. The summed E-state index contributed by atoms with van der Waals surface area (Å²) < 4.78 is 28.2. The Morgan fingerprint density at radius 3 is 2.45 bits per heavy atom. The number of esters is 1. The van der Waals surface area contributed by atoms with Gasteiger partial charge in [0, 0.05) is 11.3 Å². The SMILES string of the molecule is CCOC(=O)CS(=O)(=O)Cc1ccc(C(N)=O)cc1N. The molecule has 0 atom stereocenters. The Bertz CT molecular complexity index is 625. The van der Waals surface area contributed by atoms with Gasteiger partial charge in [0.25, 0.3) is 0 Å². The number of nitrogens with two attached hydrogens (primary N) is 2. The second kappa shape index (κ2) is 6.38. The van der Waals surface area contributed by atoms with E-state index in [-0.39, 0.29) is 17.9 Å². The average molecular weight is 300 g/mol. The standard InChI is InChI=1S/C12H16N2O5S/c1-2-19-11(15)7-20(17,18)6-9-4-3-8(12(14)16)5-10(9)13/h3-5H,2,6-7,13H2,1H3,(H2,14,16). The molecule has 0 aromatic heterocycles. The van der Waals surface area contributed by atoms with Gasteiger partial charge in [-0.05, 0) is 24.6 Å². The average Bonchev–Trinajstić information content (AvgIpc) is 2.30. The van der Waals surface area contributed by atoms with Crippen molar-refractivity contribution in [2.24, 2.45) is 5.73 Å². The van der Waals surface area contributed by atoms with Crippen LogP contribution >= 0.6 is 0 Å². The van der Waals surface area contributed by atoms with Gasteiger partial charge in [0.1, 0.15) is 5.75 Å². The van der Waals surface area contributed by atoms with Crippen molar-refractivity contribution >= 4 is 27.4 Å². The first-order chi connectivity index (χ1) is 9.25. The van der Waals surface area contributed by atoms with Crippen molar-refractivity contribution in [1.82, 2.24) is 0 Å². The molecule has 7 nitrogen and oxygen atoms in total. The first-order valence-electron chi connectivity index (χ1n) is 5.79. The van der Waals surface area contributed by atoms with E-state index in [0.717, 1.165) is 0 Å². The lowest BCUT2D eigenvalue weighted by Crippen LogP contribution is -2.20. The zero-order valence-electron chi connectivity index (χ0n) is 11.0. The number of rotatable bonds is 6. The summed E-state index contributed by atoms with van der Waals surface area (Å²) in [6.07, 6.45) is 0. The van der Waals surface area contributed by atoms with Crippen LogP contribution in [0.2, 0.25) is 0 Å². The summed E-state index contributed by atoms with van der Waals surface area (Å²) in [7, 11) is -3.68. The van der Waals surface area contributed by atoms with E-state index in [9.17, 15) is 18.0 Å². The molecule has 1 rings (SSSR count). The quantitative estimate of drug-likeness (QED) is 0.555. The van der Waals surface area contributed by atoms with Crippen LogP contribution < -0.4 is 11.5 Å². The van der Waals surface area contributed by atoms with Crippen LogP contribution in [0.1, 0.15) is 22.8 Å². The zero-order valence-corrected chi connectivity index (χ0v) is 11.8. The number of ether oxygens (including phenoxy) is 1. The van der Waals surface area contributed by atoms with E-state index >= 15 is 0 Å². The Balaban J connectivity index is 2.87. The normalized spacial score (nSPS) is 11.1. The minimum atomic E-state index is -3.68. The molecule has 4 N–H and O–H groups in total. The van der Waals surface area contributed by atoms with E-state index in [2.05, 4.69) is 4.74 Å². The Hall–Kier alpha value is -2.09. The Morgan fingerprint density at radius 1 is 1.30 bits per heavy atom. The molecule has 0 aliphatic rings. The molecule has 1 amide bonds. The lowest BCUT2D eigenvalue weighted by Gasteiger charge is -2.08. The third kappa shape index (κ3) is 4.54. The largest absolute Gasteiger partial charge is 0.465 e. The van der Waals surface area contributed by atoms with Gasteiger partial charge in [-0.2, -0.15) is 0 Å².